The van der Waals surface area contributed by atoms with Crippen LogP contribution in [0.25, 0.3) is 0 Å². The Kier molecular flexibility index (Phi) is 5.20. The predicted octanol–water partition coefficient (Wildman–Crippen LogP) is 2.13. The Hall–Kier alpha value is -3.35. The molecule has 0 spiro atoms. The van der Waals surface area contributed by atoms with Crippen molar-refractivity contribution in [1.29, 1.82) is 0 Å². The summed E-state index contributed by atoms with van der Waals surface area (Å²) >= 11 is 0. The molecular formula is C23H25N3O4. The van der Waals surface area contributed by atoms with Crippen LogP contribution in [0.3, 0.4) is 0 Å². The summed E-state index contributed by atoms with van der Waals surface area (Å²) in [5.74, 6) is 0.0287. The Labute approximate surface area is 175 Å². The average Bonchev–Trinajstić information content (AvgIpc) is 2.96. The lowest BCUT2D eigenvalue weighted by atomic mass is 9.92. The van der Waals surface area contributed by atoms with E-state index in [9.17, 15) is 14.4 Å². The van der Waals surface area contributed by atoms with Gasteiger partial charge in [0.1, 0.15) is 17.8 Å². The lowest BCUT2D eigenvalue weighted by Crippen LogP contribution is -2.47. The number of rotatable bonds is 5. The summed E-state index contributed by atoms with van der Waals surface area (Å²) < 4.78 is 5.36. The molecule has 2 aliphatic heterocycles. The van der Waals surface area contributed by atoms with Crippen LogP contribution < -0.4 is 10.1 Å². The maximum Gasteiger partial charge on any atom is 0.325 e. The highest BCUT2D eigenvalue weighted by Gasteiger charge is 2.48. The summed E-state index contributed by atoms with van der Waals surface area (Å²) in [6.45, 7) is 2.50. The first-order valence-electron chi connectivity index (χ1n) is 10.0. The van der Waals surface area contributed by atoms with Gasteiger partial charge in [0.15, 0.2) is 0 Å². The number of benzene rings is 2. The number of hydrogen-bond donors (Lipinski definition) is 1. The smallest absolute Gasteiger partial charge is 0.325 e. The van der Waals surface area contributed by atoms with E-state index in [1.54, 1.807) is 18.9 Å². The zero-order chi connectivity index (χ0) is 21.3. The quantitative estimate of drug-likeness (QED) is 0.771. The number of methoxy groups -OCH3 is 1. The lowest BCUT2D eigenvalue weighted by molar-refractivity contribution is -0.139. The summed E-state index contributed by atoms with van der Waals surface area (Å²) in [5.41, 5.74) is 2.04. The zero-order valence-electron chi connectivity index (χ0n) is 17.2. The lowest BCUT2D eigenvalue weighted by Gasteiger charge is -2.30. The van der Waals surface area contributed by atoms with Gasteiger partial charge >= 0.3 is 6.03 Å². The number of imide groups is 1. The molecule has 1 atom stereocenters. The predicted molar refractivity (Wildman–Crippen MR) is 111 cm³/mol. The van der Waals surface area contributed by atoms with Gasteiger partial charge in [-0.3, -0.25) is 14.5 Å². The number of hydrogen-bond acceptors (Lipinski definition) is 4. The molecule has 1 saturated heterocycles. The molecule has 0 aromatic heterocycles. The normalized spacial score (nSPS) is 20.7. The Morgan fingerprint density at radius 3 is 2.57 bits per heavy atom. The molecule has 2 heterocycles. The van der Waals surface area contributed by atoms with Crippen molar-refractivity contribution in [3.8, 4) is 5.75 Å². The molecular weight excluding hydrogens is 382 g/mol. The summed E-state index contributed by atoms with van der Waals surface area (Å²) in [7, 11) is 1.57. The fourth-order valence-electron chi connectivity index (χ4n) is 4.18. The third-order valence-corrected chi connectivity index (χ3v) is 5.86. The van der Waals surface area contributed by atoms with E-state index >= 15 is 0 Å². The van der Waals surface area contributed by atoms with Crippen molar-refractivity contribution >= 4 is 17.8 Å². The van der Waals surface area contributed by atoms with Gasteiger partial charge in [-0.2, -0.15) is 0 Å². The average molecular weight is 407 g/mol. The number of para-hydroxylation sites is 1. The van der Waals surface area contributed by atoms with Crippen molar-refractivity contribution in [3.05, 3.63) is 65.2 Å². The van der Waals surface area contributed by atoms with Crippen LogP contribution in [0.4, 0.5) is 4.79 Å². The maximum absolute atomic E-state index is 13.1. The molecule has 7 nitrogen and oxygen atoms in total. The molecule has 7 heteroatoms. The molecule has 1 fully saturated rings. The number of carbonyl (C=O) groups is 3. The first-order chi connectivity index (χ1) is 14.4. The van der Waals surface area contributed by atoms with Gasteiger partial charge in [-0.15, -0.1) is 0 Å². The molecule has 4 amide bonds. The molecule has 2 aliphatic rings. The molecule has 30 heavy (non-hydrogen) atoms. The van der Waals surface area contributed by atoms with E-state index in [0.717, 1.165) is 22.4 Å². The van der Waals surface area contributed by atoms with Gasteiger partial charge in [0.05, 0.1) is 7.11 Å². The number of nitrogens with one attached hydrogen (secondary N) is 1. The number of fused-ring (bicyclic) bond motifs is 1. The summed E-state index contributed by atoms with van der Waals surface area (Å²) in [4.78, 5) is 41.2. The molecule has 0 aliphatic carbocycles. The van der Waals surface area contributed by atoms with Crippen molar-refractivity contribution in [1.82, 2.24) is 15.1 Å². The van der Waals surface area contributed by atoms with E-state index in [1.807, 2.05) is 42.5 Å². The van der Waals surface area contributed by atoms with E-state index in [1.165, 1.54) is 5.56 Å². The Morgan fingerprint density at radius 2 is 1.80 bits per heavy atom. The zero-order valence-corrected chi connectivity index (χ0v) is 17.2. The summed E-state index contributed by atoms with van der Waals surface area (Å²) in [6.07, 6.45) is 1.05. The molecule has 2 aromatic carbocycles. The van der Waals surface area contributed by atoms with Crippen LogP contribution in [0.1, 0.15) is 23.6 Å². The first kappa shape index (κ1) is 19.9. The third-order valence-electron chi connectivity index (χ3n) is 5.86. The minimum atomic E-state index is -1.12. The minimum absolute atomic E-state index is 0.227. The largest absolute Gasteiger partial charge is 0.496 e. The number of amides is 4. The Balaban J connectivity index is 1.46. The molecule has 0 radical (unpaired) electrons. The Bertz CT molecular complexity index is 1010. The van der Waals surface area contributed by atoms with Crippen molar-refractivity contribution in [2.45, 2.75) is 31.8 Å². The van der Waals surface area contributed by atoms with E-state index in [0.29, 0.717) is 18.8 Å². The van der Waals surface area contributed by atoms with Crippen LogP contribution in [0.5, 0.6) is 5.75 Å². The van der Waals surface area contributed by atoms with E-state index in [-0.39, 0.29) is 18.9 Å². The van der Waals surface area contributed by atoms with Crippen molar-refractivity contribution in [2.75, 3.05) is 20.2 Å². The highest BCUT2D eigenvalue weighted by Crippen LogP contribution is 2.27. The first-order valence-corrected chi connectivity index (χ1v) is 10.0. The summed E-state index contributed by atoms with van der Waals surface area (Å²) in [6, 6.07) is 14.9. The van der Waals surface area contributed by atoms with Crippen LogP contribution in [0.15, 0.2) is 48.5 Å². The van der Waals surface area contributed by atoms with Crippen molar-refractivity contribution in [3.63, 3.8) is 0 Å². The molecule has 1 N–H and O–H groups in total. The highest BCUT2D eigenvalue weighted by atomic mass is 16.5. The van der Waals surface area contributed by atoms with Gasteiger partial charge in [-0.05, 0) is 36.1 Å². The standard InChI is InChI=1S/C23H25N3O4/c1-23(13-17-8-5-6-10-19(17)30-2)21(28)26(22(29)24-23)15-20(27)25-12-11-16-7-3-4-9-18(16)14-25/h3-10H,11-15H2,1-2H3,(H,24,29)/t23-/m1/s1. The highest BCUT2D eigenvalue weighted by molar-refractivity contribution is 6.09. The second kappa shape index (κ2) is 7.82. The molecule has 0 bridgehead atoms. The minimum Gasteiger partial charge on any atom is -0.496 e. The van der Waals surface area contributed by atoms with Crippen LogP contribution in [0.2, 0.25) is 0 Å². The van der Waals surface area contributed by atoms with Gasteiger partial charge in [0, 0.05) is 19.5 Å². The van der Waals surface area contributed by atoms with Gasteiger partial charge in [-0.25, -0.2) is 4.79 Å². The fraction of sp³-hybridized carbons (Fsp3) is 0.348. The maximum atomic E-state index is 13.1. The van der Waals surface area contributed by atoms with Crippen LogP contribution in [-0.4, -0.2) is 53.4 Å². The van der Waals surface area contributed by atoms with Gasteiger partial charge < -0.3 is 15.0 Å². The number of urea groups is 1. The van der Waals surface area contributed by atoms with E-state index in [4.69, 9.17) is 4.74 Å². The van der Waals surface area contributed by atoms with Crippen molar-refractivity contribution in [2.24, 2.45) is 0 Å². The van der Waals surface area contributed by atoms with Crippen molar-refractivity contribution < 1.29 is 19.1 Å². The topological polar surface area (TPSA) is 79.0 Å². The third kappa shape index (κ3) is 3.63. The van der Waals surface area contributed by atoms with E-state index < -0.39 is 17.5 Å². The molecule has 2 aromatic rings. The van der Waals surface area contributed by atoms with Gasteiger partial charge in [0.2, 0.25) is 5.91 Å². The molecule has 4 rings (SSSR count). The van der Waals surface area contributed by atoms with Crippen LogP contribution in [-0.2, 0) is 29.0 Å². The van der Waals surface area contributed by atoms with Crippen LogP contribution in [0, 0.1) is 0 Å². The second-order valence-corrected chi connectivity index (χ2v) is 7.98. The van der Waals surface area contributed by atoms with Crippen LogP contribution >= 0.6 is 0 Å². The van der Waals surface area contributed by atoms with Gasteiger partial charge in [-0.1, -0.05) is 42.5 Å². The van der Waals surface area contributed by atoms with E-state index in [2.05, 4.69) is 11.4 Å². The molecule has 0 unspecified atom stereocenters. The number of ether oxygens (including phenoxy) is 1. The molecule has 156 valence electrons. The van der Waals surface area contributed by atoms with Gasteiger partial charge in [0.25, 0.3) is 5.91 Å². The monoisotopic (exact) mass is 407 g/mol. The fourth-order valence-corrected chi connectivity index (χ4v) is 4.18. The Morgan fingerprint density at radius 1 is 1.10 bits per heavy atom. The number of nitrogens with zero attached hydrogens (tertiary/aromatic N) is 2. The SMILES string of the molecule is COc1ccccc1C[C@@]1(C)NC(=O)N(CC(=O)N2CCc3ccccc3C2)C1=O. The molecule has 0 saturated carbocycles. The summed E-state index contributed by atoms with van der Waals surface area (Å²) in [5, 5.41) is 2.77. The second-order valence-electron chi connectivity index (χ2n) is 7.98. The number of carbonyl (C=O) groups excluding carboxylic acids is 3.